The zero-order valence-electron chi connectivity index (χ0n) is 11.5. The summed E-state index contributed by atoms with van der Waals surface area (Å²) in [6, 6.07) is 5.30. The zero-order chi connectivity index (χ0) is 14.6. The summed E-state index contributed by atoms with van der Waals surface area (Å²) in [7, 11) is -1.76. The Kier molecular flexibility index (Phi) is 5.14. The van der Waals surface area contributed by atoms with Gasteiger partial charge in [-0.25, -0.2) is 9.59 Å². The van der Waals surface area contributed by atoms with Crippen LogP contribution in [0.2, 0.25) is 24.7 Å². The number of carbonyl (C=O) groups excluding carboxylic acids is 2. The maximum absolute atomic E-state index is 12.1. The molecular formula is C13H18ClNO3Si. The summed E-state index contributed by atoms with van der Waals surface area (Å²) in [5.41, 5.74) is 0.301. The topological polar surface area (TPSA) is 55.4 Å². The lowest BCUT2D eigenvalue weighted by molar-refractivity contribution is 0.0625. The molecule has 0 bridgehead atoms. The van der Waals surface area contributed by atoms with E-state index in [1.807, 2.05) is 6.07 Å². The highest BCUT2D eigenvalue weighted by Crippen LogP contribution is 2.18. The average Bonchev–Trinajstić information content (AvgIpc) is 2.27. The molecule has 0 saturated heterocycles. The molecule has 0 saturated carbocycles. The molecule has 0 unspecified atom stereocenters. The first-order chi connectivity index (χ1) is 8.77. The van der Waals surface area contributed by atoms with E-state index < -0.39 is 20.1 Å². The van der Waals surface area contributed by atoms with Gasteiger partial charge in [-0.2, -0.15) is 0 Å². The molecule has 0 aromatic heterocycles. The van der Waals surface area contributed by atoms with Crippen molar-refractivity contribution in [3.05, 3.63) is 28.8 Å². The molecule has 19 heavy (non-hydrogen) atoms. The summed E-state index contributed by atoms with van der Waals surface area (Å²) in [4.78, 5) is 23.4. The fourth-order valence-electron chi connectivity index (χ4n) is 1.67. The monoisotopic (exact) mass is 299 g/mol. The van der Waals surface area contributed by atoms with Crippen molar-refractivity contribution < 1.29 is 14.3 Å². The average molecular weight is 300 g/mol. The van der Waals surface area contributed by atoms with Crippen LogP contribution in [0.15, 0.2) is 18.2 Å². The number of esters is 1. The highest BCUT2D eigenvalue weighted by molar-refractivity contribution is 6.89. The van der Waals surface area contributed by atoms with E-state index in [4.69, 9.17) is 16.3 Å². The summed E-state index contributed by atoms with van der Waals surface area (Å²) in [6.07, 6.45) is -0.756. The molecule has 0 heterocycles. The van der Waals surface area contributed by atoms with Crippen molar-refractivity contribution in [2.75, 3.05) is 6.54 Å². The predicted octanol–water partition coefficient (Wildman–Crippen LogP) is 2.77. The molecule has 6 heteroatoms. The van der Waals surface area contributed by atoms with Gasteiger partial charge in [0.15, 0.2) is 0 Å². The van der Waals surface area contributed by atoms with E-state index in [1.165, 1.54) is 0 Å². The maximum atomic E-state index is 12.1. The number of amides is 1. The third-order valence-electron chi connectivity index (χ3n) is 2.53. The Morgan fingerprint density at radius 3 is 2.47 bits per heavy atom. The van der Waals surface area contributed by atoms with Gasteiger partial charge in [-0.15, -0.1) is 0 Å². The van der Waals surface area contributed by atoms with E-state index in [-0.39, 0.29) is 0 Å². The minimum absolute atomic E-state index is 0.301. The van der Waals surface area contributed by atoms with Gasteiger partial charge >= 0.3 is 12.1 Å². The predicted molar refractivity (Wildman–Crippen MR) is 78.9 cm³/mol. The second-order valence-electron chi connectivity index (χ2n) is 5.12. The lowest BCUT2D eigenvalue weighted by Crippen LogP contribution is -2.42. The maximum Gasteiger partial charge on any atom is 0.415 e. The summed E-state index contributed by atoms with van der Waals surface area (Å²) in [6.45, 7) is 8.44. The number of alkyl carbamates (subject to hydrolysis) is 1. The second-order valence-corrected chi connectivity index (χ2v) is 10.6. The lowest BCUT2D eigenvalue weighted by Gasteiger charge is -2.20. The Morgan fingerprint density at radius 1 is 1.32 bits per heavy atom. The highest BCUT2D eigenvalue weighted by atomic mass is 35.5. The molecule has 104 valence electrons. The molecule has 0 spiro atoms. The molecule has 1 rings (SSSR count). The lowest BCUT2D eigenvalue weighted by atomic mass is 10.2. The van der Waals surface area contributed by atoms with Crippen LogP contribution in [-0.4, -0.2) is 26.7 Å². The molecule has 1 aromatic carbocycles. The van der Waals surface area contributed by atoms with Crippen LogP contribution in [-0.2, 0) is 4.74 Å². The van der Waals surface area contributed by atoms with Gasteiger partial charge in [0.25, 0.3) is 0 Å². The quantitative estimate of drug-likeness (QED) is 0.530. The smallest absolute Gasteiger partial charge is 0.373 e. The molecule has 0 aliphatic rings. The standard InChI is InChI=1S/C13H18ClNO3Si/c1-5-15-13(17)18-12(16)11-9(14)7-6-8-10(11)19(2,3)4/h6-8H,5H2,1-4H3,(H,15,17). The van der Waals surface area contributed by atoms with Crippen molar-refractivity contribution in [2.24, 2.45) is 0 Å². The number of hydrogen-bond donors (Lipinski definition) is 1. The Hall–Kier alpha value is -1.33. The molecule has 0 radical (unpaired) electrons. The first kappa shape index (κ1) is 15.7. The molecule has 1 amide bonds. The minimum atomic E-state index is -1.76. The highest BCUT2D eigenvalue weighted by Gasteiger charge is 2.27. The Balaban J connectivity index is 3.12. The van der Waals surface area contributed by atoms with E-state index in [2.05, 4.69) is 25.0 Å². The number of hydrogen-bond acceptors (Lipinski definition) is 3. The van der Waals surface area contributed by atoms with Gasteiger partial charge < -0.3 is 10.1 Å². The van der Waals surface area contributed by atoms with Gasteiger partial charge in [-0.3, -0.25) is 0 Å². The van der Waals surface area contributed by atoms with Crippen LogP contribution in [0.5, 0.6) is 0 Å². The zero-order valence-corrected chi connectivity index (χ0v) is 13.3. The van der Waals surface area contributed by atoms with Crippen molar-refractivity contribution in [1.82, 2.24) is 5.32 Å². The van der Waals surface area contributed by atoms with Crippen LogP contribution in [0.25, 0.3) is 0 Å². The Morgan fingerprint density at radius 2 is 1.95 bits per heavy atom. The van der Waals surface area contributed by atoms with Gasteiger partial charge in [-0.1, -0.05) is 43.4 Å². The number of nitrogens with one attached hydrogen (secondary N) is 1. The number of benzene rings is 1. The second kappa shape index (κ2) is 6.21. The van der Waals surface area contributed by atoms with Crippen LogP contribution in [0, 0.1) is 0 Å². The molecule has 1 N–H and O–H groups in total. The molecule has 1 aromatic rings. The molecule has 0 aliphatic carbocycles. The summed E-state index contributed by atoms with van der Waals surface area (Å²) in [5.74, 6) is -0.700. The van der Waals surface area contributed by atoms with Crippen LogP contribution in [0.4, 0.5) is 4.79 Å². The summed E-state index contributed by atoms with van der Waals surface area (Å²) < 4.78 is 4.74. The number of ether oxygens (including phenoxy) is 1. The summed E-state index contributed by atoms with van der Waals surface area (Å²) >= 11 is 6.08. The van der Waals surface area contributed by atoms with E-state index >= 15 is 0 Å². The van der Waals surface area contributed by atoms with E-state index in [0.29, 0.717) is 17.1 Å². The number of carbonyl (C=O) groups is 2. The first-order valence-electron chi connectivity index (χ1n) is 6.06. The van der Waals surface area contributed by atoms with Crippen molar-refractivity contribution in [2.45, 2.75) is 26.6 Å². The number of rotatable bonds is 3. The Labute approximate surface area is 119 Å². The molecule has 0 aliphatic heterocycles. The third-order valence-corrected chi connectivity index (χ3v) is 4.88. The summed E-state index contributed by atoms with van der Waals surface area (Å²) in [5, 5.41) is 3.61. The van der Waals surface area contributed by atoms with Crippen molar-refractivity contribution in [3.63, 3.8) is 0 Å². The van der Waals surface area contributed by atoms with Crippen LogP contribution in [0.1, 0.15) is 17.3 Å². The number of halogens is 1. The molecule has 0 atom stereocenters. The van der Waals surface area contributed by atoms with E-state index in [1.54, 1.807) is 19.1 Å². The van der Waals surface area contributed by atoms with E-state index in [9.17, 15) is 9.59 Å². The van der Waals surface area contributed by atoms with Gasteiger partial charge in [-0.05, 0) is 18.2 Å². The van der Waals surface area contributed by atoms with Crippen molar-refractivity contribution >= 4 is 36.9 Å². The van der Waals surface area contributed by atoms with Crippen molar-refractivity contribution in [1.29, 1.82) is 0 Å². The fraction of sp³-hybridized carbons (Fsp3) is 0.385. The Bertz CT molecular complexity index is 497. The minimum Gasteiger partial charge on any atom is -0.373 e. The molecule has 0 fully saturated rings. The van der Waals surface area contributed by atoms with Gasteiger partial charge in [0.05, 0.1) is 18.7 Å². The normalized spacial score (nSPS) is 11.0. The van der Waals surface area contributed by atoms with Gasteiger partial charge in [0, 0.05) is 6.54 Å². The van der Waals surface area contributed by atoms with Crippen LogP contribution < -0.4 is 10.5 Å². The van der Waals surface area contributed by atoms with Crippen LogP contribution >= 0.6 is 11.6 Å². The van der Waals surface area contributed by atoms with Gasteiger partial charge in [0.1, 0.15) is 0 Å². The fourth-order valence-corrected chi connectivity index (χ4v) is 3.59. The molecule has 4 nitrogen and oxygen atoms in total. The first-order valence-corrected chi connectivity index (χ1v) is 9.94. The third kappa shape index (κ3) is 4.07. The van der Waals surface area contributed by atoms with Gasteiger partial charge in [0.2, 0.25) is 0 Å². The van der Waals surface area contributed by atoms with E-state index in [0.717, 1.165) is 5.19 Å². The van der Waals surface area contributed by atoms with Crippen molar-refractivity contribution in [3.8, 4) is 0 Å². The molecular weight excluding hydrogens is 282 g/mol. The van der Waals surface area contributed by atoms with Crippen LogP contribution in [0.3, 0.4) is 0 Å². The SMILES string of the molecule is CCNC(=O)OC(=O)c1c(Cl)cccc1[Si](C)(C)C. The largest absolute Gasteiger partial charge is 0.415 e.